The van der Waals surface area contributed by atoms with Gasteiger partial charge >= 0.3 is 5.91 Å². The molecule has 0 radical (unpaired) electrons. The lowest BCUT2D eigenvalue weighted by atomic mass is 10.3. The lowest BCUT2D eigenvalue weighted by Crippen LogP contribution is -2.25. The number of rotatable bonds is 2. The number of hydrogen-bond donors (Lipinski definition) is 1. The van der Waals surface area contributed by atoms with Gasteiger partial charge in [0.2, 0.25) is 0 Å². The van der Waals surface area contributed by atoms with E-state index < -0.39 is 5.91 Å². The molecule has 0 fully saturated rings. The highest BCUT2D eigenvalue weighted by molar-refractivity contribution is 7.11. The molecule has 0 saturated carbocycles. The molecule has 2 N–H and O–H groups in total. The van der Waals surface area contributed by atoms with E-state index in [9.17, 15) is 4.79 Å². The standard InChI is InChI=1S/C8H8N2OS/c1-6-4-7(12-5-6)2-3-8(11)10-9/h2-5,9H,1H3/p+1/b3-2+,10-9?. The van der Waals surface area contributed by atoms with Crippen LogP contribution in [0.2, 0.25) is 0 Å². The molecule has 0 atom stereocenters. The van der Waals surface area contributed by atoms with Crippen molar-refractivity contribution in [3.05, 3.63) is 28.0 Å². The fourth-order valence-electron chi connectivity index (χ4n) is 0.737. The smallest absolute Gasteiger partial charge is 0.261 e. The maximum Gasteiger partial charge on any atom is 0.331 e. The molecule has 0 unspecified atom stereocenters. The molecule has 12 heavy (non-hydrogen) atoms. The summed E-state index contributed by atoms with van der Waals surface area (Å²) in [7, 11) is 0. The first-order valence-electron chi connectivity index (χ1n) is 3.40. The van der Waals surface area contributed by atoms with E-state index in [1.54, 1.807) is 17.4 Å². The van der Waals surface area contributed by atoms with Crippen LogP contribution in [0.25, 0.3) is 6.08 Å². The van der Waals surface area contributed by atoms with E-state index in [-0.39, 0.29) is 0 Å². The van der Waals surface area contributed by atoms with Gasteiger partial charge in [-0.15, -0.1) is 16.9 Å². The second-order valence-electron chi connectivity index (χ2n) is 2.33. The molecule has 0 spiro atoms. The Hall–Kier alpha value is -1.29. The minimum absolute atomic E-state index is 0.416. The Morgan fingerprint density at radius 3 is 3.00 bits per heavy atom. The van der Waals surface area contributed by atoms with Crippen molar-refractivity contribution in [2.75, 3.05) is 0 Å². The molecule has 62 valence electrons. The Bertz CT molecular complexity index is 328. The lowest BCUT2D eigenvalue weighted by molar-refractivity contribution is -0.220. The van der Waals surface area contributed by atoms with Gasteiger partial charge in [0, 0.05) is 16.1 Å². The number of amides is 1. The van der Waals surface area contributed by atoms with Crippen molar-refractivity contribution in [1.82, 2.24) is 0 Å². The van der Waals surface area contributed by atoms with E-state index in [0.717, 1.165) is 4.88 Å². The number of hydrogen-bond acceptors (Lipinski definition) is 2. The quantitative estimate of drug-likeness (QED) is 0.532. The SMILES string of the molecule is Cc1csc(/C=C/C(=O)N=[NH2+])c1. The molecule has 1 amide bonds. The summed E-state index contributed by atoms with van der Waals surface area (Å²) < 4.78 is 0. The molecule has 1 rings (SSSR count). The average molecular weight is 181 g/mol. The van der Waals surface area contributed by atoms with Crippen LogP contribution in [0.5, 0.6) is 0 Å². The summed E-state index contributed by atoms with van der Waals surface area (Å²) in [6.45, 7) is 2.00. The molecule has 4 heteroatoms. The van der Waals surface area contributed by atoms with Gasteiger partial charge < -0.3 is 0 Å². The summed E-state index contributed by atoms with van der Waals surface area (Å²) in [6, 6.07) is 1.99. The van der Waals surface area contributed by atoms with Gasteiger partial charge in [0.15, 0.2) is 0 Å². The van der Waals surface area contributed by atoms with Crippen molar-refractivity contribution in [3.63, 3.8) is 0 Å². The van der Waals surface area contributed by atoms with E-state index in [2.05, 4.69) is 5.11 Å². The van der Waals surface area contributed by atoms with Gasteiger partial charge in [-0.1, -0.05) is 0 Å². The first-order chi connectivity index (χ1) is 5.72. The minimum Gasteiger partial charge on any atom is -0.261 e. The van der Waals surface area contributed by atoms with E-state index in [1.165, 1.54) is 11.6 Å². The maximum absolute atomic E-state index is 10.6. The van der Waals surface area contributed by atoms with Crippen molar-refractivity contribution in [2.45, 2.75) is 6.92 Å². The molecule has 0 aliphatic rings. The van der Waals surface area contributed by atoms with Crippen molar-refractivity contribution in [3.8, 4) is 0 Å². The van der Waals surface area contributed by atoms with Crippen LogP contribution in [0.15, 0.2) is 22.6 Å². The number of nitrogens with two attached hydrogens (primary N) is 1. The topological polar surface area (TPSA) is 55.0 Å². The first-order valence-corrected chi connectivity index (χ1v) is 4.28. The van der Waals surface area contributed by atoms with Gasteiger partial charge in [0.05, 0.1) is 0 Å². The molecule has 1 aromatic heterocycles. The third-order valence-electron chi connectivity index (χ3n) is 1.27. The zero-order valence-electron chi connectivity index (χ0n) is 6.65. The zero-order valence-corrected chi connectivity index (χ0v) is 7.47. The van der Waals surface area contributed by atoms with E-state index in [4.69, 9.17) is 5.53 Å². The van der Waals surface area contributed by atoms with Crippen LogP contribution in [0.1, 0.15) is 10.4 Å². The van der Waals surface area contributed by atoms with Crippen LogP contribution < -0.4 is 5.53 Å². The number of nitrogens with zero attached hydrogens (tertiary/aromatic N) is 1. The average Bonchev–Trinajstić information content (AvgIpc) is 2.47. The van der Waals surface area contributed by atoms with Gasteiger partial charge in [-0.05, 0) is 30.0 Å². The maximum atomic E-state index is 10.6. The molecule has 0 aromatic carbocycles. The zero-order chi connectivity index (χ0) is 8.97. The number of carbonyl (C=O) groups excluding carboxylic acids is 1. The highest BCUT2D eigenvalue weighted by atomic mass is 32.1. The summed E-state index contributed by atoms with van der Waals surface area (Å²) in [5.41, 5.74) is 5.96. The molecule has 0 saturated heterocycles. The molecule has 3 nitrogen and oxygen atoms in total. The fraction of sp³-hybridized carbons (Fsp3) is 0.125. The highest BCUT2D eigenvalue weighted by Crippen LogP contribution is 2.14. The third-order valence-corrected chi connectivity index (χ3v) is 2.28. The Balaban J connectivity index is 2.69. The Morgan fingerprint density at radius 1 is 1.75 bits per heavy atom. The molecular weight excluding hydrogens is 172 g/mol. The second kappa shape index (κ2) is 3.92. The monoisotopic (exact) mass is 181 g/mol. The van der Waals surface area contributed by atoms with Crippen molar-refractivity contribution in [1.29, 1.82) is 0 Å². The van der Waals surface area contributed by atoms with Crippen LogP contribution in [-0.4, -0.2) is 5.91 Å². The van der Waals surface area contributed by atoms with Gasteiger partial charge in [-0.2, -0.15) is 0 Å². The molecule has 1 aromatic rings. The normalized spacial score (nSPS) is 10.4. The van der Waals surface area contributed by atoms with Crippen LogP contribution in [0.4, 0.5) is 0 Å². The first kappa shape index (κ1) is 8.80. The summed E-state index contributed by atoms with van der Waals surface area (Å²) in [4.78, 5) is 11.7. The van der Waals surface area contributed by atoms with Crippen molar-refractivity contribution in [2.24, 2.45) is 5.11 Å². The minimum atomic E-state index is -0.416. The predicted octanol–water partition coefficient (Wildman–Crippen LogP) is 0.808. The number of thiophene rings is 1. The molecular formula is C8H9N2OS+. The predicted molar refractivity (Wildman–Crippen MR) is 47.5 cm³/mol. The van der Waals surface area contributed by atoms with Crippen LogP contribution in [-0.2, 0) is 4.79 Å². The number of aryl methyl sites for hydroxylation is 1. The Morgan fingerprint density at radius 2 is 2.50 bits per heavy atom. The fourth-order valence-corrected chi connectivity index (χ4v) is 1.53. The van der Waals surface area contributed by atoms with Gasteiger partial charge in [-0.3, -0.25) is 4.79 Å². The molecule has 0 aliphatic carbocycles. The summed E-state index contributed by atoms with van der Waals surface area (Å²) in [6.07, 6.45) is 3.06. The van der Waals surface area contributed by atoms with Crippen LogP contribution >= 0.6 is 11.3 Å². The van der Waals surface area contributed by atoms with Crippen LogP contribution in [0.3, 0.4) is 0 Å². The molecule has 0 aliphatic heterocycles. The van der Waals surface area contributed by atoms with E-state index in [1.807, 2.05) is 18.4 Å². The molecule has 1 heterocycles. The van der Waals surface area contributed by atoms with Crippen molar-refractivity contribution >= 4 is 23.3 Å². The second-order valence-corrected chi connectivity index (χ2v) is 3.27. The lowest BCUT2D eigenvalue weighted by Gasteiger charge is -1.78. The van der Waals surface area contributed by atoms with Crippen molar-refractivity contribution < 1.29 is 10.3 Å². The summed E-state index contributed by atoms with van der Waals surface area (Å²) >= 11 is 1.58. The van der Waals surface area contributed by atoms with E-state index in [0.29, 0.717) is 0 Å². The van der Waals surface area contributed by atoms with Gasteiger partial charge in [0.25, 0.3) is 0 Å². The highest BCUT2D eigenvalue weighted by Gasteiger charge is 1.94. The Kier molecular flexibility index (Phi) is 2.88. The molecule has 0 bridgehead atoms. The third kappa shape index (κ3) is 2.39. The van der Waals surface area contributed by atoms with Gasteiger partial charge in [0.1, 0.15) is 0 Å². The summed E-state index contributed by atoms with van der Waals surface area (Å²) in [5, 5.41) is 5.01. The van der Waals surface area contributed by atoms with Gasteiger partial charge in [-0.25, -0.2) is 0 Å². The van der Waals surface area contributed by atoms with E-state index >= 15 is 0 Å². The Labute approximate surface area is 74.2 Å². The van der Waals surface area contributed by atoms with Crippen LogP contribution in [0, 0.1) is 6.92 Å². The number of carbonyl (C=O) groups is 1. The summed E-state index contributed by atoms with van der Waals surface area (Å²) in [5.74, 6) is -0.416. The largest absolute Gasteiger partial charge is 0.331 e.